The maximum absolute atomic E-state index is 2.42. The quantitative estimate of drug-likeness (QED) is 0.185. The number of benzene rings is 9. The summed E-state index contributed by atoms with van der Waals surface area (Å²) < 4.78 is 0. The van der Waals surface area contributed by atoms with Crippen LogP contribution >= 0.6 is 0 Å². The summed E-state index contributed by atoms with van der Waals surface area (Å²) in [5, 5.41) is 18.9. The molecule has 0 aliphatic heterocycles. The van der Waals surface area contributed by atoms with Crippen LogP contribution in [0.1, 0.15) is 0 Å². The van der Waals surface area contributed by atoms with Crippen LogP contribution in [0, 0.1) is 0 Å². The lowest BCUT2D eigenvalue weighted by Crippen LogP contribution is -1.85. The molecule has 0 fully saturated rings. The van der Waals surface area contributed by atoms with Crippen molar-refractivity contribution in [3.63, 3.8) is 0 Å². The summed E-state index contributed by atoms with van der Waals surface area (Å²) in [5.74, 6) is 0. The monoisotopic (exact) mass is 602 g/mol. The average molecular weight is 603 g/mol. The molecule has 0 saturated carbocycles. The third kappa shape index (κ3) is 2.89. The number of hydrogen-bond donors (Lipinski definition) is 0. The molecular formula is C48H26. The third-order valence-electron chi connectivity index (χ3n) is 11.3. The Balaban J connectivity index is 1.27. The van der Waals surface area contributed by atoms with E-state index in [9.17, 15) is 0 Å². The van der Waals surface area contributed by atoms with E-state index < -0.39 is 0 Å². The van der Waals surface area contributed by atoms with Gasteiger partial charge in [0.2, 0.25) is 0 Å². The van der Waals surface area contributed by atoms with Crippen LogP contribution in [0.2, 0.25) is 0 Å². The van der Waals surface area contributed by atoms with Gasteiger partial charge in [-0.1, -0.05) is 158 Å². The Morgan fingerprint density at radius 1 is 0.188 bits per heavy atom. The van der Waals surface area contributed by atoms with Crippen LogP contribution in [0.15, 0.2) is 158 Å². The molecule has 0 atom stereocenters. The minimum atomic E-state index is 1.27. The van der Waals surface area contributed by atoms with E-state index in [0.29, 0.717) is 0 Å². The van der Waals surface area contributed by atoms with E-state index >= 15 is 0 Å². The molecule has 0 radical (unpaired) electrons. The van der Waals surface area contributed by atoms with Gasteiger partial charge in [-0.05, 0) is 120 Å². The molecule has 0 aromatic heterocycles. The molecule has 48 heavy (non-hydrogen) atoms. The molecule has 12 rings (SSSR count). The molecule has 0 saturated heterocycles. The Hall–Kier alpha value is -6.24. The smallest absolute Gasteiger partial charge is 0.000696 e. The van der Waals surface area contributed by atoms with Crippen LogP contribution in [-0.2, 0) is 0 Å². The first-order chi connectivity index (χ1) is 23.9. The molecule has 0 heteroatoms. The van der Waals surface area contributed by atoms with Crippen LogP contribution in [0.25, 0.3) is 120 Å². The lowest BCUT2D eigenvalue weighted by atomic mass is 9.90. The first kappa shape index (κ1) is 24.9. The van der Waals surface area contributed by atoms with E-state index in [1.54, 1.807) is 0 Å². The highest BCUT2D eigenvalue weighted by Crippen LogP contribution is 2.55. The summed E-state index contributed by atoms with van der Waals surface area (Å²) in [6, 6.07) is 59.2. The van der Waals surface area contributed by atoms with E-state index in [-0.39, 0.29) is 0 Å². The SMILES string of the molecule is c1ccc(-c2c3cccc4c5ccccc5c(c34)c3c4ccc(-c5ccc6c7c(cccc57)-c5ccccc5-6)c5cccc(c23)c54)cc1. The van der Waals surface area contributed by atoms with Gasteiger partial charge in [0, 0.05) is 0 Å². The summed E-state index contributed by atoms with van der Waals surface area (Å²) >= 11 is 0. The van der Waals surface area contributed by atoms with E-state index in [4.69, 9.17) is 0 Å². The Bertz CT molecular complexity index is 3110. The van der Waals surface area contributed by atoms with Gasteiger partial charge in [0.25, 0.3) is 0 Å². The van der Waals surface area contributed by atoms with Crippen molar-refractivity contribution in [2.24, 2.45) is 0 Å². The van der Waals surface area contributed by atoms with Gasteiger partial charge in [-0.25, -0.2) is 0 Å². The topological polar surface area (TPSA) is 0 Å². The van der Waals surface area contributed by atoms with Crippen LogP contribution in [0.5, 0.6) is 0 Å². The fourth-order valence-electron chi connectivity index (χ4n) is 9.51. The first-order valence-electron chi connectivity index (χ1n) is 16.9. The van der Waals surface area contributed by atoms with Gasteiger partial charge in [0.05, 0.1) is 0 Å². The summed E-state index contributed by atoms with van der Waals surface area (Å²) in [6.07, 6.45) is 0. The van der Waals surface area contributed by atoms with Gasteiger partial charge in [0.1, 0.15) is 0 Å². The van der Waals surface area contributed by atoms with Crippen molar-refractivity contribution in [2.45, 2.75) is 0 Å². The molecule has 218 valence electrons. The zero-order chi connectivity index (χ0) is 31.1. The normalized spacial score (nSPS) is 12.6. The second kappa shape index (κ2) is 8.76. The lowest BCUT2D eigenvalue weighted by molar-refractivity contribution is 1.69. The van der Waals surface area contributed by atoms with Gasteiger partial charge in [-0.15, -0.1) is 0 Å². The average Bonchev–Trinajstić information content (AvgIpc) is 3.78. The van der Waals surface area contributed by atoms with Crippen molar-refractivity contribution in [1.29, 1.82) is 0 Å². The second-order valence-electron chi connectivity index (χ2n) is 13.5. The van der Waals surface area contributed by atoms with Crippen molar-refractivity contribution in [1.82, 2.24) is 0 Å². The minimum Gasteiger partial charge on any atom is -0.0622 e. The van der Waals surface area contributed by atoms with Crippen molar-refractivity contribution in [3.8, 4) is 44.5 Å². The van der Waals surface area contributed by atoms with Crippen LogP contribution in [-0.4, -0.2) is 0 Å². The summed E-state index contributed by atoms with van der Waals surface area (Å²) in [6.45, 7) is 0. The Morgan fingerprint density at radius 3 is 1.48 bits per heavy atom. The predicted molar refractivity (Wildman–Crippen MR) is 207 cm³/mol. The van der Waals surface area contributed by atoms with Crippen LogP contribution in [0.4, 0.5) is 0 Å². The van der Waals surface area contributed by atoms with Gasteiger partial charge in [0.15, 0.2) is 0 Å². The highest BCUT2D eigenvalue weighted by atomic mass is 14.3. The molecule has 11 aromatic carbocycles. The fourth-order valence-corrected chi connectivity index (χ4v) is 9.51. The zero-order valence-electron chi connectivity index (χ0n) is 26.0. The summed E-state index contributed by atoms with van der Waals surface area (Å²) in [7, 11) is 0. The zero-order valence-corrected chi connectivity index (χ0v) is 26.0. The van der Waals surface area contributed by atoms with E-state index in [1.165, 1.54) is 120 Å². The maximum Gasteiger partial charge on any atom is -0.000696 e. The van der Waals surface area contributed by atoms with Crippen molar-refractivity contribution < 1.29 is 0 Å². The van der Waals surface area contributed by atoms with Gasteiger partial charge >= 0.3 is 0 Å². The Morgan fingerprint density at radius 2 is 0.667 bits per heavy atom. The highest BCUT2D eigenvalue weighted by Gasteiger charge is 2.26. The lowest BCUT2D eigenvalue weighted by Gasteiger charge is -2.13. The first-order valence-corrected chi connectivity index (χ1v) is 16.9. The van der Waals surface area contributed by atoms with Crippen molar-refractivity contribution >= 4 is 75.4 Å². The summed E-state index contributed by atoms with van der Waals surface area (Å²) in [4.78, 5) is 0. The third-order valence-corrected chi connectivity index (χ3v) is 11.3. The fraction of sp³-hybridized carbons (Fsp3) is 0. The molecule has 0 amide bonds. The van der Waals surface area contributed by atoms with Crippen LogP contribution in [0.3, 0.4) is 0 Å². The largest absolute Gasteiger partial charge is 0.0622 e. The van der Waals surface area contributed by atoms with E-state index in [1.807, 2.05) is 0 Å². The van der Waals surface area contributed by atoms with E-state index in [2.05, 4.69) is 158 Å². The molecule has 0 unspecified atom stereocenters. The predicted octanol–water partition coefficient (Wildman–Crippen LogP) is 13.6. The standard InChI is InChI=1S/C48H26/c1-2-11-27(12-3-1)42-39-21-10-20-36-30-15-6-7-16-37(30)46(45(36)39)48-41-26-24-32(35-19-9-22-40(44(35)41)47(42)48)31-23-25-38-29-14-5-4-13-28(29)33-17-8-18-34(31)43(33)38/h1-26H. The Labute approximate surface area is 276 Å². The second-order valence-corrected chi connectivity index (χ2v) is 13.5. The molecule has 0 bridgehead atoms. The molecular weight excluding hydrogens is 577 g/mol. The van der Waals surface area contributed by atoms with Crippen molar-refractivity contribution in [2.75, 3.05) is 0 Å². The minimum absolute atomic E-state index is 1.27. The van der Waals surface area contributed by atoms with Crippen molar-refractivity contribution in [3.05, 3.63) is 158 Å². The molecule has 1 aliphatic rings. The molecule has 0 nitrogen and oxygen atoms in total. The summed E-state index contributed by atoms with van der Waals surface area (Å²) in [5.41, 5.74) is 10.6. The molecule has 0 spiro atoms. The number of hydrogen-bond acceptors (Lipinski definition) is 0. The number of fused-ring (bicyclic) bond motifs is 10. The number of rotatable bonds is 2. The Kier molecular flexibility index (Phi) is 4.55. The van der Waals surface area contributed by atoms with Gasteiger partial charge < -0.3 is 0 Å². The molecule has 1 aliphatic carbocycles. The van der Waals surface area contributed by atoms with Gasteiger partial charge in [-0.3, -0.25) is 0 Å². The maximum atomic E-state index is 2.42. The van der Waals surface area contributed by atoms with E-state index in [0.717, 1.165) is 0 Å². The van der Waals surface area contributed by atoms with Crippen LogP contribution < -0.4 is 0 Å². The molecule has 0 heterocycles. The van der Waals surface area contributed by atoms with Gasteiger partial charge in [-0.2, -0.15) is 0 Å². The molecule has 11 aromatic rings. The highest BCUT2D eigenvalue weighted by molar-refractivity contribution is 6.48. The molecule has 0 N–H and O–H groups in total.